The number of ether oxygens (including phenoxy) is 1. The Balaban J connectivity index is 2.05. The van der Waals surface area contributed by atoms with Crippen LogP contribution in [0.15, 0.2) is 33.0 Å². The molecule has 6 nitrogen and oxygen atoms in total. The van der Waals surface area contributed by atoms with E-state index in [1.165, 1.54) is 18.0 Å². The number of esters is 1. The van der Waals surface area contributed by atoms with E-state index in [1.807, 2.05) is 0 Å². The van der Waals surface area contributed by atoms with Crippen LogP contribution in [-0.4, -0.2) is 27.8 Å². The summed E-state index contributed by atoms with van der Waals surface area (Å²) in [6.07, 6.45) is 1.46. The number of nitrogens with zero attached hydrogens (tertiary/aromatic N) is 3. The van der Waals surface area contributed by atoms with Gasteiger partial charge in [-0.2, -0.15) is 0 Å². The molecule has 2 aromatic rings. The third kappa shape index (κ3) is 3.07. The van der Waals surface area contributed by atoms with E-state index in [0.717, 1.165) is 0 Å². The van der Waals surface area contributed by atoms with Crippen LogP contribution in [0.1, 0.15) is 23.2 Å². The Morgan fingerprint density at radius 2 is 2.28 bits per heavy atom. The van der Waals surface area contributed by atoms with Gasteiger partial charge in [-0.15, -0.1) is 10.2 Å². The summed E-state index contributed by atoms with van der Waals surface area (Å²) in [5, 5.41) is 8.65. The highest BCUT2D eigenvalue weighted by Gasteiger charge is 2.09. The molecule has 2 heterocycles. The zero-order valence-corrected chi connectivity index (χ0v) is 10.7. The summed E-state index contributed by atoms with van der Waals surface area (Å²) < 4.78 is 10.1. The molecule has 94 valence electrons. The van der Waals surface area contributed by atoms with E-state index in [0.29, 0.717) is 28.3 Å². The quantitative estimate of drug-likeness (QED) is 0.783. The molecule has 0 amide bonds. The third-order valence-electron chi connectivity index (χ3n) is 1.95. The standard InChI is InChI=1S/C11H11N3O3S/c1-3-16-10(15)8-4-5-9(12-6-8)18-11-14-13-7(2)17-11/h4-6H,3H2,1-2H3. The largest absolute Gasteiger partial charge is 0.462 e. The van der Waals surface area contributed by atoms with E-state index in [4.69, 9.17) is 9.15 Å². The van der Waals surface area contributed by atoms with E-state index >= 15 is 0 Å². The Morgan fingerprint density at radius 1 is 1.44 bits per heavy atom. The van der Waals surface area contributed by atoms with Crippen molar-refractivity contribution in [2.45, 2.75) is 24.1 Å². The van der Waals surface area contributed by atoms with Gasteiger partial charge in [-0.3, -0.25) is 0 Å². The number of carbonyl (C=O) groups is 1. The number of hydrogen-bond acceptors (Lipinski definition) is 7. The Kier molecular flexibility index (Phi) is 3.93. The van der Waals surface area contributed by atoms with E-state index in [2.05, 4.69) is 15.2 Å². The van der Waals surface area contributed by atoms with Gasteiger partial charge >= 0.3 is 5.97 Å². The van der Waals surface area contributed by atoms with Crippen molar-refractivity contribution in [2.24, 2.45) is 0 Å². The van der Waals surface area contributed by atoms with Crippen molar-refractivity contribution in [3.05, 3.63) is 29.8 Å². The summed E-state index contributed by atoms with van der Waals surface area (Å²) in [4.78, 5) is 15.5. The van der Waals surface area contributed by atoms with Gasteiger partial charge in [0.1, 0.15) is 5.03 Å². The molecular formula is C11H11N3O3S. The molecule has 0 bridgehead atoms. The smallest absolute Gasteiger partial charge is 0.339 e. The molecule has 0 spiro atoms. The number of hydrogen-bond donors (Lipinski definition) is 0. The van der Waals surface area contributed by atoms with Crippen molar-refractivity contribution in [2.75, 3.05) is 6.61 Å². The van der Waals surface area contributed by atoms with Gasteiger partial charge in [-0.1, -0.05) is 0 Å². The van der Waals surface area contributed by atoms with Crippen molar-refractivity contribution < 1.29 is 13.9 Å². The van der Waals surface area contributed by atoms with Crippen molar-refractivity contribution >= 4 is 17.7 Å². The summed E-state index contributed by atoms with van der Waals surface area (Å²) in [7, 11) is 0. The highest BCUT2D eigenvalue weighted by Crippen LogP contribution is 2.24. The fourth-order valence-corrected chi connectivity index (χ4v) is 1.85. The molecule has 0 unspecified atom stereocenters. The maximum atomic E-state index is 11.4. The van der Waals surface area contributed by atoms with Crippen molar-refractivity contribution in [3.63, 3.8) is 0 Å². The molecule has 7 heteroatoms. The topological polar surface area (TPSA) is 78.1 Å². The van der Waals surface area contributed by atoms with Crippen LogP contribution < -0.4 is 0 Å². The average Bonchev–Trinajstić information content (AvgIpc) is 2.76. The Bertz CT molecular complexity index is 539. The van der Waals surface area contributed by atoms with Crippen LogP contribution in [-0.2, 0) is 4.74 Å². The van der Waals surface area contributed by atoms with Gasteiger partial charge in [0, 0.05) is 13.1 Å². The lowest BCUT2D eigenvalue weighted by molar-refractivity contribution is 0.0525. The SMILES string of the molecule is CCOC(=O)c1ccc(Sc2nnc(C)o2)nc1. The Morgan fingerprint density at radius 3 is 2.83 bits per heavy atom. The molecule has 0 fully saturated rings. The highest BCUT2D eigenvalue weighted by atomic mass is 32.2. The maximum absolute atomic E-state index is 11.4. The van der Waals surface area contributed by atoms with Gasteiger partial charge in [-0.25, -0.2) is 9.78 Å². The summed E-state index contributed by atoms with van der Waals surface area (Å²) in [6, 6.07) is 3.35. The molecule has 0 aliphatic heterocycles. The summed E-state index contributed by atoms with van der Waals surface area (Å²) in [5.41, 5.74) is 0.419. The van der Waals surface area contributed by atoms with Crippen LogP contribution in [0.2, 0.25) is 0 Å². The minimum Gasteiger partial charge on any atom is -0.462 e. The van der Waals surface area contributed by atoms with E-state index in [1.54, 1.807) is 26.0 Å². The van der Waals surface area contributed by atoms with Crippen molar-refractivity contribution in [3.8, 4) is 0 Å². The molecule has 0 atom stereocenters. The van der Waals surface area contributed by atoms with Crippen LogP contribution in [0.3, 0.4) is 0 Å². The molecule has 2 rings (SSSR count). The third-order valence-corrected chi connectivity index (χ3v) is 2.74. The molecule has 18 heavy (non-hydrogen) atoms. The molecule has 0 radical (unpaired) electrons. The Hall–Kier alpha value is -1.89. The first-order valence-corrected chi connectivity index (χ1v) is 6.12. The summed E-state index contributed by atoms with van der Waals surface area (Å²) in [6.45, 7) is 3.82. The first-order chi connectivity index (χ1) is 8.69. The molecule has 0 saturated heterocycles. The predicted molar refractivity (Wildman–Crippen MR) is 63.4 cm³/mol. The lowest BCUT2D eigenvalue weighted by Gasteiger charge is -2.01. The molecule has 0 aliphatic rings. The van der Waals surface area contributed by atoms with Gasteiger partial charge in [0.2, 0.25) is 5.89 Å². The number of aryl methyl sites for hydroxylation is 1. The number of aromatic nitrogens is 3. The lowest BCUT2D eigenvalue weighted by Crippen LogP contribution is -2.04. The van der Waals surface area contributed by atoms with Gasteiger partial charge in [0.25, 0.3) is 5.22 Å². The van der Waals surface area contributed by atoms with Crippen LogP contribution in [0.25, 0.3) is 0 Å². The second-order valence-electron chi connectivity index (χ2n) is 3.29. The fourth-order valence-electron chi connectivity index (χ4n) is 1.18. The van der Waals surface area contributed by atoms with Gasteiger partial charge in [0.05, 0.1) is 12.2 Å². The second-order valence-corrected chi connectivity index (χ2v) is 4.27. The number of carbonyl (C=O) groups excluding carboxylic acids is 1. The van der Waals surface area contributed by atoms with Crippen molar-refractivity contribution in [1.29, 1.82) is 0 Å². The predicted octanol–water partition coefficient (Wildman–Crippen LogP) is 2.10. The molecule has 0 aliphatic carbocycles. The number of pyridine rings is 1. The lowest BCUT2D eigenvalue weighted by atomic mass is 10.3. The number of rotatable bonds is 4. The van der Waals surface area contributed by atoms with Gasteiger partial charge in [0.15, 0.2) is 0 Å². The summed E-state index contributed by atoms with van der Waals surface area (Å²) in [5.74, 6) is 0.121. The molecule has 0 aromatic carbocycles. The zero-order valence-electron chi connectivity index (χ0n) is 9.91. The van der Waals surface area contributed by atoms with Crippen LogP contribution in [0, 0.1) is 6.92 Å². The highest BCUT2D eigenvalue weighted by molar-refractivity contribution is 7.99. The Labute approximate surface area is 108 Å². The monoisotopic (exact) mass is 265 g/mol. The van der Waals surface area contributed by atoms with Crippen LogP contribution >= 0.6 is 11.8 Å². The minimum absolute atomic E-state index is 0.344. The first kappa shape index (κ1) is 12.6. The molecule has 0 saturated carbocycles. The van der Waals surface area contributed by atoms with Crippen LogP contribution in [0.5, 0.6) is 0 Å². The second kappa shape index (κ2) is 5.63. The normalized spacial score (nSPS) is 10.3. The van der Waals surface area contributed by atoms with Crippen LogP contribution in [0.4, 0.5) is 0 Å². The molecule has 0 N–H and O–H groups in total. The zero-order chi connectivity index (χ0) is 13.0. The van der Waals surface area contributed by atoms with Gasteiger partial charge in [-0.05, 0) is 30.8 Å². The van der Waals surface area contributed by atoms with E-state index < -0.39 is 0 Å². The fraction of sp³-hybridized carbons (Fsp3) is 0.273. The van der Waals surface area contributed by atoms with Gasteiger partial charge < -0.3 is 9.15 Å². The van der Waals surface area contributed by atoms with E-state index in [-0.39, 0.29) is 5.97 Å². The maximum Gasteiger partial charge on any atom is 0.339 e. The molecular weight excluding hydrogens is 254 g/mol. The van der Waals surface area contributed by atoms with E-state index in [9.17, 15) is 4.79 Å². The average molecular weight is 265 g/mol. The van der Waals surface area contributed by atoms with Crippen molar-refractivity contribution in [1.82, 2.24) is 15.2 Å². The first-order valence-electron chi connectivity index (χ1n) is 5.30. The minimum atomic E-state index is -0.379. The molecule has 2 aromatic heterocycles. The summed E-state index contributed by atoms with van der Waals surface area (Å²) >= 11 is 1.24.